The van der Waals surface area contributed by atoms with Crippen LogP contribution in [0.15, 0.2) is 28.9 Å². The molecule has 2 aromatic rings. The Bertz CT molecular complexity index is 1090. The fraction of sp³-hybridized carbons (Fsp3) is 0.368. The van der Waals surface area contributed by atoms with E-state index in [1.807, 2.05) is 10.2 Å². The minimum atomic E-state index is -4.62. The Morgan fingerprint density at radius 2 is 2.09 bits per heavy atom. The van der Waals surface area contributed by atoms with Crippen LogP contribution in [0.25, 0.3) is 0 Å². The molecule has 2 atom stereocenters. The van der Waals surface area contributed by atoms with E-state index in [-0.39, 0.29) is 22.6 Å². The maximum Gasteiger partial charge on any atom is 0.408 e. The fourth-order valence-corrected chi connectivity index (χ4v) is 4.20. The number of halogens is 5. The number of aromatic nitrogens is 2. The SMILES string of the molecule is C[C@@H](NC(=O)c1nc2c(cc1Cl)N1CC[C@H](C1)N2C(=O)Nc1cc(Br)ccn1)C(F)(F)F. The summed E-state index contributed by atoms with van der Waals surface area (Å²) in [6, 6.07) is 1.94. The van der Waals surface area contributed by atoms with Crippen molar-refractivity contribution < 1.29 is 22.8 Å². The van der Waals surface area contributed by atoms with E-state index in [2.05, 4.69) is 31.2 Å². The zero-order valence-electron chi connectivity index (χ0n) is 16.6. The van der Waals surface area contributed by atoms with Crippen LogP contribution in [0.5, 0.6) is 0 Å². The van der Waals surface area contributed by atoms with Gasteiger partial charge in [0.25, 0.3) is 5.91 Å². The van der Waals surface area contributed by atoms with Crippen LogP contribution in [0.1, 0.15) is 23.8 Å². The molecular weight excluding hydrogens is 517 g/mol. The van der Waals surface area contributed by atoms with Crippen molar-refractivity contribution in [2.24, 2.45) is 0 Å². The number of hydrogen-bond acceptors (Lipinski definition) is 5. The highest BCUT2D eigenvalue weighted by atomic mass is 79.9. The number of amides is 3. The van der Waals surface area contributed by atoms with Crippen LogP contribution in [0, 0.1) is 0 Å². The van der Waals surface area contributed by atoms with E-state index < -0.39 is 24.2 Å². The van der Waals surface area contributed by atoms with Crippen LogP contribution in [0.3, 0.4) is 0 Å². The van der Waals surface area contributed by atoms with Gasteiger partial charge in [0.1, 0.15) is 17.6 Å². The number of pyridine rings is 2. The number of urea groups is 1. The van der Waals surface area contributed by atoms with E-state index in [0.717, 1.165) is 11.4 Å². The van der Waals surface area contributed by atoms with E-state index in [1.165, 1.54) is 17.2 Å². The molecular formula is C19H17BrClF3N6O2. The highest BCUT2D eigenvalue weighted by Crippen LogP contribution is 2.41. The molecule has 2 N–H and O–H groups in total. The van der Waals surface area contributed by atoms with Crippen molar-refractivity contribution >= 4 is 56.8 Å². The molecule has 3 amide bonds. The number of hydrogen-bond donors (Lipinski definition) is 2. The minimum absolute atomic E-state index is 0.102. The predicted molar refractivity (Wildman–Crippen MR) is 116 cm³/mol. The Balaban J connectivity index is 1.68. The molecule has 0 spiro atoms. The first-order chi connectivity index (χ1) is 15.0. The lowest BCUT2D eigenvalue weighted by atomic mass is 10.1. The standard InChI is InChI=1S/C19H17BrClF3N6O2/c1-9(19(22,23)24)26-17(31)15-12(21)7-13-16(28-15)30(11-3-5-29(13)8-11)18(32)27-14-6-10(20)2-4-25-14/h2,4,6-7,9,11H,3,5,8H2,1H3,(H,26,31)(H,25,27,32)/t9-,11-/m1/s1. The Hall–Kier alpha value is -2.60. The molecule has 32 heavy (non-hydrogen) atoms. The molecule has 2 aliphatic rings. The molecule has 2 aromatic heterocycles. The van der Waals surface area contributed by atoms with E-state index in [9.17, 15) is 22.8 Å². The second-order valence-corrected chi connectivity index (χ2v) is 8.77. The van der Waals surface area contributed by atoms with Crippen molar-refractivity contribution in [3.05, 3.63) is 39.6 Å². The van der Waals surface area contributed by atoms with Gasteiger partial charge in [-0.1, -0.05) is 27.5 Å². The Morgan fingerprint density at radius 1 is 1.34 bits per heavy atom. The first kappa shape index (κ1) is 22.6. The van der Waals surface area contributed by atoms with Crippen molar-refractivity contribution in [3.8, 4) is 0 Å². The molecule has 170 valence electrons. The Kier molecular flexibility index (Phi) is 5.93. The average molecular weight is 534 g/mol. The number of nitrogens with one attached hydrogen (secondary N) is 2. The minimum Gasteiger partial charge on any atom is -0.366 e. The second-order valence-electron chi connectivity index (χ2n) is 7.45. The summed E-state index contributed by atoms with van der Waals surface area (Å²) in [6.07, 6.45) is -2.45. The number of rotatable bonds is 3. The second kappa shape index (κ2) is 8.39. The number of nitrogens with zero attached hydrogens (tertiary/aromatic N) is 4. The maximum absolute atomic E-state index is 13.1. The van der Waals surface area contributed by atoms with E-state index in [1.54, 1.807) is 12.1 Å². The van der Waals surface area contributed by atoms with Crippen molar-refractivity contribution in [2.75, 3.05) is 28.2 Å². The molecule has 1 fully saturated rings. The summed E-state index contributed by atoms with van der Waals surface area (Å²) in [6.45, 7) is 2.01. The number of fused-ring (bicyclic) bond motifs is 4. The van der Waals surface area contributed by atoms with Crippen LogP contribution in [0.4, 0.5) is 35.3 Å². The lowest BCUT2D eigenvalue weighted by molar-refractivity contribution is -0.149. The van der Waals surface area contributed by atoms with Gasteiger partial charge in [-0.3, -0.25) is 15.0 Å². The van der Waals surface area contributed by atoms with Crippen LogP contribution in [-0.2, 0) is 0 Å². The summed E-state index contributed by atoms with van der Waals surface area (Å²) >= 11 is 9.51. The molecule has 2 bridgehead atoms. The molecule has 0 unspecified atom stereocenters. The van der Waals surface area contributed by atoms with Gasteiger partial charge in [-0.15, -0.1) is 0 Å². The van der Waals surface area contributed by atoms with Gasteiger partial charge >= 0.3 is 12.2 Å². The first-order valence-electron chi connectivity index (χ1n) is 9.59. The number of alkyl halides is 3. The highest BCUT2D eigenvalue weighted by molar-refractivity contribution is 9.10. The largest absolute Gasteiger partial charge is 0.408 e. The lowest BCUT2D eigenvalue weighted by Crippen LogP contribution is -2.49. The predicted octanol–water partition coefficient (Wildman–Crippen LogP) is 4.20. The molecule has 4 rings (SSSR count). The maximum atomic E-state index is 13.1. The van der Waals surface area contributed by atoms with Crippen LogP contribution in [0.2, 0.25) is 5.02 Å². The van der Waals surface area contributed by atoms with E-state index in [4.69, 9.17) is 11.6 Å². The Morgan fingerprint density at radius 3 is 2.78 bits per heavy atom. The number of anilines is 3. The molecule has 2 aliphatic heterocycles. The third kappa shape index (κ3) is 4.33. The van der Waals surface area contributed by atoms with Gasteiger partial charge in [-0.2, -0.15) is 13.2 Å². The summed E-state index contributed by atoms with van der Waals surface area (Å²) in [4.78, 5) is 37.3. The smallest absolute Gasteiger partial charge is 0.366 e. The molecule has 0 saturated carbocycles. The number of carbonyl (C=O) groups is 2. The molecule has 13 heteroatoms. The first-order valence-corrected chi connectivity index (χ1v) is 10.8. The Labute approximate surface area is 194 Å². The summed E-state index contributed by atoms with van der Waals surface area (Å²) in [7, 11) is 0. The van der Waals surface area contributed by atoms with E-state index in [0.29, 0.717) is 31.0 Å². The molecule has 4 heterocycles. The van der Waals surface area contributed by atoms with E-state index >= 15 is 0 Å². The molecule has 8 nitrogen and oxygen atoms in total. The molecule has 0 aliphatic carbocycles. The van der Waals surface area contributed by atoms with Crippen molar-refractivity contribution in [1.29, 1.82) is 0 Å². The topological polar surface area (TPSA) is 90.5 Å². The van der Waals surface area contributed by atoms with Gasteiger partial charge < -0.3 is 10.2 Å². The summed E-state index contributed by atoms with van der Waals surface area (Å²) in [5, 5.41) is 4.45. The molecule has 0 radical (unpaired) electrons. The third-order valence-corrected chi connectivity index (χ3v) is 6.04. The molecule has 0 aromatic carbocycles. The van der Waals surface area contributed by atoms with Gasteiger partial charge in [0, 0.05) is 23.8 Å². The van der Waals surface area contributed by atoms with Gasteiger partial charge in [0.15, 0.2) is 5.82 Å². The molecule has 1 saturated heterocycles. The lowest BCUT2D eigenvalue weighted by Gasteiger charge is -2.36. The third-order valence-electron chi connectivity index (χ3n) is 5.26. The monoisotopic (exact) mass is 532 g/mol. The van der Waals surface area contributed by atoms with Crippen LogP contribution < -0.4 is 20.4 Å². The normalized spacial score (nSPS) is 18.2. The average Bonchev–Trinajstić information content (AvgIpc) is 3.12. The van der Waals surface area contributed by atoms with Crippen LogP contribution in [-0.4, -0.2) is 53.3 Å². The number of carbonyl (C=O) groups excluding carboxylic acids is 2. The van der Waals surface area contributed by atoms with Crippen molar-refractivity contribution in [3.63, 3.8) is 0 Å². The van der Waals surface area contributed by atoms with Crippen molar-refractivity contribution in [2.45, 2.75) is 31.6 Å². The zero-order chi connectivity index (χ0) is 23.2. The van der Waals surface area contributed by atoms with Crippen molar-refractivity contribution in [1.82, 2.24) is 15.3 Å². The summed E-state index contributed by atoms with van der Waals surface area (Å²) in [5.74, 6) is -0.623. The van der Waals surface area contributed by atoms with Crippen LogP contribution >= 0.6 is 27.5 Å². The summed E-state index contributed by atoms with van der Waals surface area (Å²) < 4.78 is 39.3. The zero-order valence-corrected chi connectivity index (χ0v) is 18.9. The summed E-state index contributed by atoms with van der Waals surface area (Å²) in [5.41, 5.74) is 0.143. The van der Waals surface area contributed by atoms with Gasteiger partial charge in [-0.25, -0.2) is 14.8 Å². The quantitative estimate of drug-likeness (QED) is 0.617. The van der Waals surface area contributed by atoms with Gasteiger partial charge in [0.2, 0.25) is 0 Å². The van der Waals surface area contributed by atoms with Gasteiger partial charge in [-0.05, 0) is 31.5 Å². The van der Waals surface area contributed by atoms with Gasteiger partial charge in [0.05, 0.1) is 16.8 Å². The fourth-order valence-electron chi connectivity index (χ4n) is 3.63. The highest BCUT2D eigenvalue weighted by Gasteiger charge is 2.42.